The smallest absolute Gasteiger partial charge is 0.323 e. The second kappa shape index (κ2) is 15.4. The van der Waals surface area contributed by atoms with Crippen molar-refractivity contribution in [1.29, 1.82) is 0 Å². The van der Waals surface area contributed by atoms with E-state index in [9.17, 15) is 19.5 Å². The number of aromatic nitrogens is 3. The molecule has 1 fully saturated rings. The summed E-state index contributed by atoms with van der Waals surface area (Å²) >= 11 is 14.1. The number of nitrogens with one attached hydrogen (secondary N) is 3. The summed E-state index contributed by atoms with van der Waals surface area (Å²) in [6, 6.07) is 17.5. The van der Waals surface area contributed by atoms with Crippen molar-refractivity contribution < 1.29 is 24.5 Å². The topological polar surface area (TPSA) is 167 Å². The number of carbonyl (C=O) groups is 2. The number of amides is 1. The maximum atomic E-state index is 13.1. The van der Waals surface area contributed by atoms with Crippen molar-refractivity contribution in [2.75, 3.05) is 20.3 Å². The highest BCUT2D eigenvalue weighted by molar-refractivity contribution is 6.39. The van der Waals surface area contributed by atoms with Crippen LogP contribution >= 0.6 is 23.2 Å². The molecule has 6 rings (SSSR count). The van der Waals surface area contributed by atoms with Gasteiger partial charge in [-0.2, -0.15) is 0 Å². The van der Waals surface area contributed by atoms with E-state index in [2.05, 4.69) is 20.9 Å². The molecular formula is C36H34Cl2N6O6. The monoisotopic (exact) mass is 716 g/mol. The Morgan fingerprint density at radius 1 is 1.02 bits per heavy atom. The average Bonchev–Trinajstić information content (AvgIpc) is 3.54. The number of halogens is 2. The van der Waals surface area contributed by atoms with Crippen molar-refractivity contribution in [2.24, 2.45) is 0 Å². The number of aliphatic hydroxyl groups is 1. The Morgan fingerprint density at radius 3 is 2.42 bits per heavy atom. The zero-order chi connectivity index (χ0) is 35.4. The fraction of sp³-hybridized carbons (Fsp3) is 0.250. The highest BCUT2D eigenvalue weighted by Gasteiger charge is 2.21. The van der Waals surface area contributed by atoms with Gasteiger partial charge in [-0.25, -0.2) is 9.97 Å². The van der Waals surface area contributed by atoms with Crippen molar-refractivity contribution in [3.63, 3.8) is 0 Å². The molecule has 0 aliphatic carbocycles. The number of carboxylic acid groups (broad SMARTS) is 1. The molecule has 1 amide bonds. The predicted molar refractivity (Wildman–Crippen MR) is 190 cm³/mol. The van der Waals surface area contributed by atoms with Crippen LogP contribution < -0.4 is 26.2 Å². The Bertz CT molecular complexity index is 2140. The summed E-state index contributed by atoms with van der Waals surface area (Å²) in [6.45, 7) is 0.486. The number of fused-ring (bicyclic) bond motifs is 1. The van der Waals surface area contributed by atoms with Crippen LogP contribution in [0.25, 0.3) is 39.2 Å². The minimum Gasteiger partial charge on any atom is -0.481 e. The lowest BCUT2D eigenvalue weighted by Crippen LogP contribution is -2.40. The van der Waals surface area contributed by atoms with Gasteiger partial charge in [-0.15, -0.1) is 0 Å². The van der Waals surface area contributed by atoms with Crippen molar-refractivity contribution in [1.82, 2.24) is 30.3 Å². The number of rotatable bonds is 13. The maximum Gasteiger partial charge on any atom is 0.323 e. The van der Waals surface area contributed by atoms with Gasteiger partial charge in [0, 0.05) is 72.3 Å². The van der Waals surface area contributed by atoms with Crippen molar-refractivity contribution in [2.45, 2.75) is 38.0 Å². The molecule has 1 aliphatic rings. The number of carbonyl (C=O) groups excluding carboxylic acids is 1. The zero-order valence-electron chi connectivity index (χ0n) is 27.0. The summed E-state index contributed by atoms with van der Waals surface area (Å²) in [4.78, 5) is 45.0. The number of hydrogen-bond donors (Lipinski definition) is 5. The van der Waals surface area contributed by atoms with E-state index in [1.54, 1.807) is 25.4 Å². The molecule has 14 heteroatoms. The van der Waals surface area contributed by atoms with Gasteiger partial charge in [-0.1, -0.05) is 65.7 Å². The maximum absolute atomic E-state index is 13.1. The molecule has 2 atom stereocenters. The SMILES string of the molecule is COc1nc(-c2cccc(-c3cccc(-c4ccn5c(=O)c(CN[C@@H](CO)C(=O)O)cnc5c4)c3Cl)c2Cl)ccc1CNCC1CCC(=O)N1. The Balaban J connectivity index is 1.25. The van der Waals surface area contributed by atoms with Crippen LogP contribution in [0.4, 0.5) is 0 Å². The van der Waals surface area contributed by atoms with E-state index in [4.69, 9.17) is 38.0 Å². The molecular weight excluding hydrogens is 683 g/mol. The minimum absolute atomic E-state index is 0.0756. The molecule has 0 bridgehead atoms. The molecule has 5 aromatic rings. The lowest BCUT2D eigenvalue weighted by molar-refractivity contribution is -0.140. The molecule has 1 unspecified atom stereocenters. The van der Waals surface area contributed by atoms with Crippen LogP contribution in [0.2, 0.25) is 10.0 Å². The Morgan fingerprint density at radius 2 is 1.74 bits per heavy atom. The number of aliphatic carboxylic acids is 1. The Hall–Kier alpha value is -4.85. The first-order valence-electron chi connectivity index (χ1n) is 15.9. The fourth-order valence-electron chi connectivity index (χ4n) is 5.91. The number of methoxy groups -OCH3 is 1. The predicted octanol–water partition coefficient (Wildman–Crippen LogP) is 4.31. The third-order valence-electron chi connectivity index (χ3n) is 8.60. The van der Waals surface area contributed by atoms with Crippen LogP contribution in [0.3, 0.4) is 0 Å². The van der Waals surface area contributed by atoms with Gasteiger partial charge in [0.05, 0.1) is 35.0 Å². The van der Waals surface area contributed by atoms with Gasteiger partial charge in [0.2, 0.25) is 11.8 Å². The summed E-state index contributed by atoms with van der Waals surface area (Å²) in [5.41, 5.74) is 5.28. The fourth-order valence-corrected chi connectivity index (χ4v) is 6.57. The molecule has 50 heavy (non-hydrogen) atoms. The van der Waals surface area contributed by atoms with Gasteiger partial charge < -0.3 is 25.6 Å². The van der Waals surface area contributed by atoms with Gasteiger partial charge in [0.25, 0.3) is 5.56 Å². The third-order valence-corrected chi connectivity index (χ3v) is 9.41. The summed E-state index contributed by atoms with van der Waals surface area (Å²) < 4.78 is 6.99. The number of benzene rings is 2. The zero-order valence-corrected chi connectivity index (χ0v) is 28.5. The largest absolute Gasteiger partial charge is 0.481 e. The molecule has 2 aromatic carbocycles. The van der Waals surface area contributed by atoms with Gasteiger partial charge in [0.1, 0.15) is 11.7 Å². The van der Waals surface area contributed by atoms with Gasteiger partial charge in [0.15, 0.2) is 0 Å². The van der Waals surface area contributed by atoms with E-state index in [1.807, 2.05) is 48.5 Å². The van der Waals surface area contributed by atoms with Gasteiger partial charge in [-0.3, -0.25) is 24.1 Å². The summed E-state index contributed by atoms with van der Waals surface area (Å²) in [7, 11) is 1.57. The number of ether oxygens (including phenoxy) is 1. The number of nitrogens with zero attached hydrogens (tertiary/aromatic N) is 3. The first-order chi connectivity index (χ1) is 24.2. The van der Waals surface area contributed by atoms with E-state index in [0.29, 0.717) is 69.0 Å². The van der Waals surface area contributed by atoms with Crippen LogP contribution in [-0.2, 0) is 22.7 Å². The van der Waals surface area contributed by atoms with Crippen LogP contribution in [0, 0.1) is 0 Å². The van der Waals surface area contributed by atoms with Crippen molar-refractivity contribution in [3.05, 3.63) is 105 Å². The molecule has 1 aliphatic heterocycles. The standard InChI is InChI=1S/C36H34Cl2N6O6/c1-50-34-21(15-39-18-23-9-11-31(46)42-23)8-10-28(43-34)27-7-3-6-26(33(27)38)25-5-2-4-24(32(25)37)20-12-13-44-30(14-20)41-17-22(35(44)47)16-40-29(19-45)36(48)49/h2-8,10,12-14,17,23,29,39-40,45H,9,11,15-16,18-19H2,1H3,(H,42,46)(H,48,49)/t23?,29-/m0/s1. The quantitative estimate of drug-likeness (QED) is 0.119. The molecule has 4 heterocycles. The van der Waals surface area contributed by atoms with E-state index in [1.165, 1.54) is 10.6 Å². The minimum atomic E-state index is -1.22. The van der Waals surface area contributed by atoms with Crippen molar-refractivity contribution in [3.8, 4) is 39.4 Å². The highest BCUT2D eigenvalue weighted by Crippen LogP contribution is 2.42. The van der Waals surface area contributed by atoms with Crippen LogP contribution in [-0.4, -0.2) is 68.8 Å². The van der Waals surface area contributed by atoms with E-state index in [0.717, 1.165) is 17.5 Å². The Kier molecular flexibility index (Phi) is 10.8. The molecule has 3 aromatic heterocycles. The number of aliphatic hydroxyl groups excluding tert-OH is 1. The second-order valence-electron chi connectivity index (χ2n) is 11.8. The van der Waals surface area contributed by atoms with Crippen LogP contribution in [0.5, 0.6) is 5.88 Å². The molecule has 258 valence electrons. The molecule has 12 nitrogen and oxygen atoms in total. The molecule has 5 N–H and O–H groups in total. The van der Waals surface area contributed by atoms with Crippen LogP contribution in [0.15, 0.2) is 77.9 Å². The summed E-state index contributed by atoms with van der Waals surface area (Å²) in [5, 5.41) is 28.3. The van der Waals surface area contributed by atoms with Crippen molar-refractivity contribution >= 4 is 40.7 Å². The Labute approximate surface area is 297 Å². The molecule has 1 saturated heterocycles. The molecule has 0 spiro atoms. The second-order valence-corrected chi connectivity index (χ2v) is 12.6. The number of pyridine rings is 2. The average molecular weight is 718 g/mol. The first kappa shape index (κ1) is 35.0. The number of carboxylic acids is 1. The lowest BCUT2D eigenvalue weighted by Gasteiger charge is -2.16. The van der Waals surface area contributed by atoms with Crippen LogP contribution in [0.1, 0.15) is 24.0 Å². The normalized spacial score (nSPS) is 14.9. The molecule has 0 radical (unpaired) electrons. The summed E-state index contributed by atoms with van der Waals surface area (Å²) in [6.07, 6.45) is 4.34. The molecule has 0 saturated carbocycles. The number of hydrogen-bond acceptors (Lipinski definition) is 9. The van der Waals surface area contributed by atoms with E-state index in [-0.39, 0.29) is 29.6 Å². The van der Waals surface area contributed by atoms with E-state index >= 15 is 0 Å². The first-order valence-corrected chi connectivity index (χ1v) is 16.6. The highest BCUT2D eigenvalue weighted by atomic mass is 35.5. The third kappa shape index (κ3) is 7.35. The summed E-state index contributed by atoms with van der Waals surface area (Å²) in [5.74, 6) is -0.674. The van der Waals surface area contributed by atoms with Gasteiger partial charge in [-0.05, 0) is 30.2 Å². The van der Waals surface area contributed by atoms with Gasteiger partial charge >= 0.3 is 5.97 Å². The lowest BCUT2D eigenvalue weighted by atomic mass is 9.97. The van der Waals surface area contributed by atoms with E-state index < -0.39 is 18.6 Å².